The number of hydrogen-bond acceptors (Lipinski definition) is 3. The van der Waals surface area contributed by atoms with Crippen molar-refractivity contribution < 1.29 is 4.79 Å². The lowest BCUT2D eigenvalue weighted by atomic mass is 10.0. The van der Waals surface area contributed by atoms with E-state index in [1.54, 1.807) is 12.1 Å². The molecule has 1 aromatic heterocycles. The van der Waals surface area contributed by atoms with Crippen LogP contribution in [-0.4, -0.2) is 21.7 Å². The maximum Gasteiger partial charge on any atom is 0.253 e. The van der Waals surface area contributed by atoms with Gasteiger partial charge in [0.2, 0.25) is 0 Å². The third kappa shape index (κ3) is 3.80. The number of nitrogens with one attached hydrogen (secondary N) is 1. The van der Waals surface area contributed by atoms with Crippen molar-refractivity contribution in [2.45, 2.75) is 33.2 Å². The lowest BCUT2D eigenvalue weighted by Crippen LogP contribution is -2.34. The molecule has 0 spiro atoms. The Morgan fingerprint density at radius 1 is 1.36 bits per heavy atom. The van der Waals surface area contributed by atoms with Gasteiger partial charge in [0.15, 0.2) is 0 Å². The number of carbonyl (C=O) groups excluding carboxylic acids is 1. The van der Waals surface area contributed by atoms with Crippen molar-refractivity contribution in [1.82, 2.24) is 15.1 Å². The van der Waals surface area contributed by atoms with Crippen molar-refractivity contribution in [3.8, 4) is 0 Å². The Kier molecular flexibility index (Phi) is 6.00. The Morgan fingerprint density at radius 2 is 2.00 bits per heavy atom. The molecule has 0 aliphatic heterocycles. The molecule has 0 saturated carbocycles. The minimum Gasteiger partial charge on any atom is -0.398 e. The smallest absolute Gasteiger partial charge is 0.253 e. The van der Waals surface area contributed by atoms with Gasteiger partial charge in [0, 0.05) is 24.5 Å². The van der Waals surface area contributed by atoms with Gasteiger partial charge in [0.1, 0.15) is 0 Å². The molecule has 2 rings (SSSR count). The lowest BCUT2D eigenvalue weighted by molar-refractivity contribution is 0.0941. The highest BCUT2D eigenvalue weighted by atomic mass is 35.5. The fourth-order valence-corrected chi connectivity index (χ4v) is 2.48. The Bertz CT molecular complexity index is 666. The van der Waals surface area contributed by atoms with Crippen LogP contribution in [0.1, 0.15) is 34.2 Å². The number of para-hydroxylation sites is 1. The van der Waals surface area contributed by atoms with Crippen molar-refractivity contribution in [3.05, 3.63) is 46.8 Å². The number of aromatic nitrogens is 2. The Hall–Kier alpha value is -2.01. The molecule has 1 amide bonds. The minimum atomic E-state index is -0.139. The summed E-state index contributed by atoms with van der Waals surface area (Å²) in [5.74, 6) is -0.139. The predicted octanol–water partition coefficient (Wildman–Crippen LogP) is 2.40. The number of nitrogens with two attached hydrogens (primary N) is 1. The molecule has 2 aromatic rings. The number of aryl methyl sites for hydroxylation is 2. The highest BCUT2D eigenvalue weighted by Gasteiger charge is 2.16. The molecule has 120 valence electrons. The van der Waals surface area contributed by atoms with Crippen molar-refractivity contribution in [1.29, 1.82) is 0 Å². The first-order valence-electron chi connectivity index (χ1n) is 7.04. The van der Waals surface area contributed by atoms with E-state index in [2.05, 4.69) is 10.4 Å². The molecule has 0 aliphatic rings. The van der Waals surface area contributed by atoms with Gasteiger partial charge in [0.05, 0.1) is 11.3 Å². The largest absolute Gasteiger partial charge is 0.398 e. The third-order valence-electron chi connectivity index (χ3n) is 3.75. The summed E-state index contributed by atoms with van der Waals surface area (Å²) in [6.07, 6.45) is 0.754. The van der Waals surface area contributed by atoms with Gasteiger partial charge in [-0.25, -0.2) is 0 Å². The average molecular weight is 323 g/mol. The molecule has 6 heteroatoms. The van der Waals surface area contributed by atoms with Crippen LogP contribution in [0.5, 0.6) is 0 Å². The monoisotopic (exact) mass is 322 g/mol. The molecule has 1 atom stereocenters. The first kappa shape index (κ1) is 18.0. The van der Waals surface area contributed by atoms with Crippen molar-refractivity contribution in [3.63, 3.8) is 0 Å². The number of anilines is 1. The molecule has 1 aromatic carbocycles. The van der Waals surface area contributed by atoms with Crippen LogP contribution >= 0.6 is 12.4 Å². The van der Waals surface area contributed by atoms with Gasteiger partial charge in [-0.05, 0) is 44.9 Å². The molecule has 0 bridgehead atoms. The first-order valence-corrected chi connectivity index (χ1v) is 7.04. The molecule has 3 N–H and O–H groups in total. The summed E-state index contributed by atoms with van der Waals surface area (Å²) < 4.78 is 1.87. The topological polar surface area (TPSA) is 72.9 Å². The van der Waals surface area contributed by atoms with Gasteiger partial charge in [-0.15, -0.1) is 12.4 Å². The summed E-state index contributed by atoms with van der Waals surface area (Å²) in [5, 5.41) is 7.39. The summed E-state index contributed by atoms with van der Waals surface area (Å²) in [4.78, 5) is 12.2. The van der Waals surface area contributed by atoms with Crippen LogP contribution in [0.25, 0.3) is 0 Å². The minimum absolute atomic E-state index is 0. The SMILES string of the molecule is Cc1nn(C)c(C)c1CC(C)NC(=O)c1ccccc1N.Cl. The third-order valence-corrected chi connectivity index (χ3v) is 3.75. The van der Waals surface area contributed by atoms with E-state index in [0.29, 0.717) is 11.3 Å². The fourth-order valence-electron chi connectivity index (χ4n) is 2.48. The maximum absolute atomic E-state index is 12.2. The second-order valence-corrected chi connectivity index (χ2v) is 5.44. The molecule has 5 nitrogen and oxygen atoms in total. The van der Waals surface area contributed by atoms with E-state index in [0.717, 1.165) is 17.8 Å². The van der Waals surface area contributed by atoms with Crippen LogP contribution < -0.4 is 11.1 Å². The number of benzene rings is 1. The molecule has 0 fully saturated rings. The van der Waals surface area contributed by atoms with Crippen LogP contribution in [0, 0.1) is 13.8 Å². The number of nitrogen functional groups attached to an aromatic ring is 1. The van der Waals surface area contributed by atoms with E-state index in [4.69, 9.17) is 5.73 Å². The molecular weight excluding hydrogens is 300 g/mol. The second-order valence-electron chi connectivity index (χ2n) is 5.44. The highest BCUT2D eigenvalue weighted by Crippen LogP contribution is 2.15. The fraction of sp³-hybridized carbons (Fsp3) is 0.375. The summed E-state index contributed by atoms with van der Waals surface area (Å²) in [6.45, 7) is 6.02. The lowest BCUT2D eigenvalue weighted by Gasteiger charge is -2.15. The van der Waals surface area contributed by atoms with E-state index in [-0.39, 0.29) is 24.4 Å². The van der Waals surface area contributed by atoms with Crippen LogP contribution in [0.4, 0.5) is 5.69 Å². The predicted molar refractivity (Wildman–Crippen MR) is 91.4 cm³/mol. The van der Waals surface area contributed by atoms with E-state index < -0.39 is 0 Å². The zero-order chi connectivity index (χ0) is 15.6. The molecule has 0 aliphatic carbocycles. The number of nitrogens with zero attached hydrogens (tertiary/aromatic N) is 2. The van der Waals surface area contributed by atoms with Gasteiger partial charge in [-0.1, -0.05) is 12.1 Å². The van der Waals surface area contributed by atoms with Crippen LogP contribution in [0.3, 0.4) is 0 Å². The van der Waals surface area contributed by atoms with Crippen molar-refractivity contribution in [2.24, 2.45) is 7.05 Å². The summed E-state index contributed by atoms with van der Waals surface area (Å²) in [6, 6.07) is 7.11. The number of hydrogen-bond donors (Lipinski definition) is 2. The van der Waals surface area contributed by atoms with Crippen molar-refractivity contribution in [2.75, 3.05) is 5.73 Å². The zero-order valence-electron chi connectivity index (χ0n) is 13.4. The van der Waals surface area contributed by atoms with E-state index in [9.17, 15) is 4.79 Å². The average Bonchev–Trinajstić information content (AvgIpc) is 2.65. The van der Waals surface area contributed by atoms with Crippen LogP contribution in [0.2, 0.25) is 0 Å². The Balaban J connectivity index is 0.00000242. The van der Waals surface area contributed by atoms with Gasteiger partial charge < -0.3 is 11.1 Å². The molecule has 0 radical (unpaired) electrons. The molecular formula is C16H23ClN4O. The molecule has 1 heterocycles. The summed E-state index contributed by atoms with van der Waals surface area (Å²) in [5.41, 5.74) is 10.2. The normalized spacial score (nSPS) is 11.6. The Labute approximate surface area is 137 Å². The number of carbonyl (C=O) groups is 1. The summed E-state index contributed by atoms with van der Waals surface area (Å²) >= 11 is 0. The zero-order valence-corrected chi connectivity index (χ0v) is 14.2. The Morgan fingerprint density at radius 3 is 2.55 bits per heavy atom. The quantitative estimate of drug-likeness (QED) is 0.849. The maximum atomic E-state index is 12.2. The van der Waals surface area contributed by atoms with Crippen LogP contribution in [0.15, 0.2) is 24.3 Å². The molecule has 1 unspecified atom stereocenters. The number of halogens is 1. The van der Waals surface area contributed by atoms with Crippen LogP contribution in [-0.2, 0) is 13.5 Å². The van der Waals surface area contributed by atoms with E-state index in [1.807, 2.05) is 44.6 Å². The van der Waals surface area contributed by atoms with Gasteiger partial charge in [-0.3, -0.25) is 9.48 Å². The van der Waals surface area contributed by atoms with Gasteiger partial charge >= 0.3 is 0 Å². The molecule has 22 heavy (non-hydrogen) atoms. The number of rotatable bonds is 4. The standard InChI is InChI=1S/C16H22N4O.ClH/c1-10(9-14-11(2)19-20(4)12(14)3)18-16(21)13-7-5-6-8-15(13)17;/h5-8,10H,9,17H2,1-4H3,(H,18,21);1H. The van der Waals surface area contributed by atoms with Gasteiger partial charge in [-0.2, -0.15) is 5.10 Å². The highest BCUT2D eigenvalue weighted by molar-refractivity contribution is 5.99. The first-order chi connectivity index (χ1) is 9.90. The number of amides is 1. The van der Waals surface area contributed by atoms with E-state index >= 15 is 0 Å². The summed E-state index contributed by atoms with van der Waals surface area (Å²) in [7, 11) is 1.93. The molecule has 0 saturated heterocycles. The van der Waals surface area contributed by atoms with Gasteiger partial charge in [0.25, 0.3) is 5.91 Å². The van der Waals surface area contributed by atoms with E-state index in [1.165, 1.54) is 5.56 Å². The van der Waals surface area contributed by atoms with Crippen molar-refractivity contribution >= 4 is 24.0 Å². The second kappa shape index (κ2) is 7.31.